The number of nitrogens with zero attached hydrogens (tertiary/aromatic N) is 4. The normalized spacial score (nSPS) is 14.5. The maximum absolute atomic E-state index is 13.1. The van der Waals surface area contributed by atoms with Crippen molar-refractivity contribution in [2.75, 3.05) is 16.8 Å². The number of carbonyl (C=O) groups is 2. The molecular weight excluding hydrogens is 394 g/mol. The van der Waals surface area contributed by atoms with Gasteiger partial charge in [-0.25, -0.2) is 0 Å². The molecule has 1 aliphatic rings. The molecule has 0 radical (unpaired) electrons. The number of hydrogen-bond donors (Lipinski definition) is 1. The van der Waals surface area contributed by atoms with E-state index in [1.54, 1.807) is 22.3 Å². The largest absolute Gasteiger partial charge is 0.323 e. The molecule has 1 N–H and O–H groups in total. The molecule has 144 valence electrons. The lowest BCUT2D eigenvalue weighted by molar-refractivity contribution is -0.121. The molecule has 7 nitrogen and oxygen atoms in total. The zero-order valence-corrected chi connectivity index (χ0v) is 17.1. The Bertz CT molecular complexity index is 1020. The van der Waals surface area contributed by atoms with Crippen LogP contribution in [0.2, 0.25) is 0 Å². The molecule has 2 amide bonds. The van der Waals surface area contributed by atoms with Crippen molar-refractivity contribution in [3.05, 3.63) is 41.8 Å². The summed E-state index contributed by atoms with van der Waals surface area (Å²) in [6, 6.07) is 11.3. The van der Waals surface area contributed by atoms with Crippen molar-refractivity contribution in [2.45, 2.75) is 30.8 Å². The zero-order valence-electron chi connectivity index (χ0n) is 15.5. The first kappa shape index (κ1) is 18.7. The van der Waals surface area contributed by atoms with Gasteiger partial charge in [-0.05, 0) is 37.4 Å². The molecule has 0 aliphatic carbocycles. The Morgan fingerprint density at radius 1 is 1.29 bits per heavy atom. The monoisotopic (exact) mass is 413 g/mol. The van der Waals surface area contributed by atoms with E-state index in [2.05, 4.69) is 15.5 Å². The van der Waals surface area contributed by atoms with Crippen molar-refractivity contribution in [1.29, 1.82) is 0 Å². The number of anilines is 2. The number of para-hydroxylation sites is 2. The Balaban J connectivity index is 1.57. The Kier molecular flexibility index (Phi) is 5.19. The molecule has 0 saturated carbocycles. The summed E-state index contributed by atoms with van der Waals surface area (Å²) in [5, 5.41) is 13.7. The first-order valence-electron chi connectivity index (χ1n) is 8.92. The van der Waals surface area contributed by atoms with Gasteiger partial charge in [0.05, 0.1) is 21.5 Å². The van der Waals surface area contributed by atoms with Gasteiger partial charge in [0.15, 0.2) is 11.0 Å². The minimum absolute atomic E-state index is 0.0155. The van der Waals surface area contributed by atoms with E-state index >= 15 is 0 Å². The average molecular weight is 414 g/mol. The van der Waals surface area contributed by atoms with Crippen LogP contribution in [0.25, 0.3) is 10.7 Å². The van der Waals surface area contributed by atoms with E-state index in [4.69, 9.17) is 0 Å². The fourth-order valence-corrected chi connectivity index (χ4v) is 4.80. The van der Waals surface area contributed by atoms with E-state index in [0.717, 1.165) is 16.4 Å². The average Bonchev–Trinajstić information content (AvgIpc) is 3.36. The predicted octanol–water partition coefficient (Wildman–Crippen LogP) is 3.49. The summed E-state index contributed by atoms with van der Waals surface area (Å²) in [7, 11) is 0. The standard InChI is InChI=1S/C19H19N5O2S2/c1-3-23-17(15-9-6-10-27-15)21-22-19(23)28-12(2)18(26)24-11-16(25)20-13-7-4-5-8-14(13)24/h4-10,12H,3,11H2,1-2H3,(H,20,25)/t12-/m1/s1. The van der Waals surface area contributed by atoms with Gasteiger partial charge in [0, 0.05) is 6.54 Å². The van der Waals surface area contributed by atoms with Crippen LogP contribution in [0.3, 0.4) is 0 Å². The molecule has 0 unspecified atom stereocenters. The van der Waals surface area contributed by atoms with Gasteiger partial charge in [0.1, 0.15) is 6.54 Å². The van der Waals surface area contributed by atoms with Gasteiger partial charge in [-0.15, -0.1) is 21.5 Å². The summed E-state index contributed by atoms with van der Waals surface area (Å²) in [6.45, 7) is 4.59. The van der Waals surface area contributed by atoms with Gasteiger partial charge in [-0.2, -0.15) is 0 Å². The highest BCUT2D eigenvalue weighted by Crippen LogP contribution is 2.33. The summed E-state index contributed by atoms with van der Waals surface area (Å²) in [4.78, 5) is 27.7. The van der Waals surface area contributed by atoms with E-state index in [9.17, 15) is 9.59 Å². The molecule has 2 aromatic heterocycles. The minimum Gasteiger partial charge on any atom is -0.323 e. The Morgan fingerprint density at radius 2 is 2.11 bits per heavy atom. The number of thiophene rings is 1. The van der Waals surface area contributed by atoms with Gasteiger partial charge in [-0.3, -0.25) is 14.5 Å². The van der Waals surface area contributed by atoms with Gasteiger partial charge < -0.3 is 9.88 Å². The maximum Gasteiger partial charge on any atom is 0.244 e. The fraction of sp³-hybridized carbons (Fsp3) is 0.263. The molecule has 3 heterocycles. The molecule has 28 heavy (non-hydrogen) atoms. The number of aromatic nitrogens is 3. The van der Waals surface area contributed by atoms with Crippen LogP contribution in [0.4, 0.5) is 11.4 Å². The summed E-state index contributed by atoms with van der Waals surface area (Å²) >= 11 is 2.97. The van der Waals surface area contributed by atoms with E-state index in [1.807, 2.05) is 54.1 Å². The van der Waals surface area contributed by atoms with Gasteiger partial charge in [-0.1, -0.05) is 30.0 Å². The number of hydrogen-bond acceptors (Lipinski definition) is 6. The molecule has 9 heteroatoms. The molecule has 0 saturated heterocycles. The van der Waals surface area contributed by atoms with E-state index < -0.39 is 5.25 Å². The number of carbonyl (C=O) groups excluding carboxylic acids is 2. The van der Waals surface area contributed by atoms with E-state index in [-0.39, 0.29) is 18.4 Å². The van der Waals surface area contributed by atoms with Gasteiger partial charge in [0.2, 0.25) is 11.8 Å². The highest BCUT2D eigenvalue weighted by atomic mass is 32.2. The van der Waals surface area contributed by atoms with Crippen molar-refractivity contribution in [1.82, 2.24) is 14.8 Å². The Morgan fingerprint density at radius 3 is 2.86 bits per heavy atom. The highest BCUT2D eigenvalue weighted by molar-refractivity contribution is 8.00. The topological polar surface area (TPSA) is 80.1 Å². The third-order valence-electron chi connectivity index (χ3n) is 4.44. The molecule has 0 fully saturated rings. The predicted molar refractivity (Wildman–Crippen MR) is 112 cm³/mol. The molecular formula is C19H19N5O2S2. The number of thioether (sulfide) groups is 1. The first-order chi connectivity index (χ1) is 13.6. The third-order valence-corrected chi connectivity index (χ3v) is 6.38. The maximum atomic E-state index is 13.1. The van der Waals surface area contributed by atoms with Crippen molar-refractivity contribution in [3.8, 4) is 10.7 Å². The number of benzene rings is 1. The number of amides is 2. The van der Waals surface area contributed by atoms with Crippen LogP contribution < -0.4 is 10.2 Å². The lowest BCUT2D eigenvalue weighted by Gasteiger charge is -2.30. The molecule has 3 aromatic rings. The van der Waals surface area contributed by atoms with E-state index in [0.29, 0.717) is 17.4 Å². The quantitative estimate of drug-likeness (QED) is 0.648. The van der Waals surface area contributed by atoms with Gasteiger partial charge in [0.25, 0.3) is 0 Å². The van der Waals surface area contributed by atoms with Crippen molar-refractivity contribution in [3.63, 3.8) is 0 Å². The third kappa shape index (κ3) is 3.43. The Labute approximate surface area is 170 Å². The van der Waals surface area contributed by atoms with Crippen molar-refractivity contribution in [2.24, 2.45) is 0 Å². The smallest absolute Gasteiger partial charge is 0.244 e. The SMILES string of the molecule is CCn1c(S[C@H](C)C(=O)N2CC(=O)Nc3ccccc32)nnc1-c1cccs1. The second-order valence-corrected chi connectivity index (χ2v) is 8.53. The van der Waals surface area contributed by atoms with Crippen LogP contribution >= 0.6 is 23.1 Å². The Hall–Kier alpha value is -2.65. The van der Waals surface area contributed by atoms with Crippen LogP contribution in [0.1, 0.15) is 13.8 Å². The van der Waals surface area contributed by atoms with Crippen LogP contribution in [0.5, 0.6) is 0 Å². The zero-order chi connectivity index (χ0) is 19.7. The second kappa shape index (κ2) is 7.76. The fourth-order valence-electron chi connectivity index (χ4n) is 3.11. The van der Waals surface area contributed by atoms with E-state index in [1.165, 1.54) is 11.8 Å². The molecule has 1 aliphatic heterocycles. The second-order valence-electron chi connectivity index (χ2n) is 6.28. The summed E-state index contributed by atoms with van der Waals surface area (Å²) < 4.78 is 2.01. The van der Waals surface area contributed by atoms with Crippen molar-refractivity contribution < 1.29 is 9.59 Å². The van der Waals surface area contributed by atoms with Gasteiger partial charge >= 0.3 is 0 Å². The summed E-state index contributed by atoms with van der Waals surface area (Å²) in [5.74, 6) is 0.485. The minimum atomic E-state index is -0.412. The molecule has 0 bridgehead atoms. The molecule has 0 spiro atoms. The van der Waals surface area contributed by atoms with Crippen LogP contribution in [-0.4, -0.2) is 38.4 Å². The number of rotatable bonds is 5. The summed E-state index contributed by atoms with van der Waals surface area (Å²) in [5.41, 5.74) is 1.37. The molecule has 1 atom stereocenters. The van der Waals surface area contributed by atoms with Crippen LogP contribution in [0, 0.1) is 0 Å². The molecule has 1 aromatic carbocycles. The van der Waals surface area contributed by atoms with Crippen LogP contribution in [0.15, 0.2) is 46.9 Å². The van der Waals surface area contributed by atoms with Crippen molar-refractivity contribution >= 4 is 46.3 Å². The number of nitrogens with one attached hydrogen (secondary N) is 1. The molecule has 4 rings (SSSR count). The first-order valence-corrected chi connectivity index (χ1v) is 10.7. The number of fused-ring (bicyclic) bond motifs is 1. The lowest BCUT2D eigenvalue weighted by Crippen LogP contribution is -2.45. The van der Waals surface area contributed by atoms with Crippen LogP contribution in [-0.2, 0) is 16.1 Å². The highest BCUT2D eigenvalue weighted by Gasteiger charge is 2.31. The lowest BCUT2D eigenvalue weighted by atomic mass is 10.2. The summed E-state index contributed by atoms with van der Waals surface area (Å²) in [6.07, 6.45) is 0.